The molecule has 0 saturated carbocycles. The van der Waals surface area contributed by atoms with Crippen LogP contribution in [0.4, 0.5) is 0 Å². The number of pyridine rings is 1. The lowest BCUT2D eigenvalue weighted by Gasteiger charge is -1.96. The molecule has 0 N–H and O–H groups in total. The van der Waals surface area contributed by atoms with E-state index >= 15 is 0 Å². The molecule has 0 unspecified atom stereocenters. The van der Waals surface area contributed by atoms with Crippen molar-refractivity contribution >= 4 is 22.5 Å². The Morgan fingerprint density at radius 2 is 2.08 bits per heavy atom. The third-order valence-corrected chi connectivity index (χ3v) is 2.45. The molecule has 2 rings (SSSR count). The maximum absolute atomic E-state index is 5.83. The van der Waals surface area contributed by atoms with Gasteiger partial charge in [0.15, 0.2) is 0 Å². The molecule has 0 spiro atoms. The summed E-state index contributed by atoms with van der Waals surface area (Å²) < 4.78 is 1.84. The minimum absolute atomic E-state index is 0.503. The molecule has 2 aromatic rings. The Hall–Kier alpha value is -1.09. The first-order valence-electron chi connectivity index (χ1n) is 4.06. The second-order valence-corrected chi connectivity index (χ2v) is 3.52. The maximum atomic E-state index is 5.83. The van der Waals surface area contributed by atoms with E-state index in [-0.39, 0.29) is 0 Å². The van der Waals surface area contributed by atoms with Crippen molar-refractivity contribution < 1.29 is 0 Å². The zero-order chi connectivity index (χ0) is 9.59. The van der Waals surface area contributed by atoms with E-state index in [9.17, 15) is 0 Å². The van der Waals surface area contributed by atoms with E-state index in [0.29, 0.717) is 5.15 Å². The number of aromatic nitrogens is 3. The lowest BCUT2D eigenvalue weighted by atomic mass is 10.2. The molecule has 0 aromatic carbocycles. The highest BCUT2D eigenvalue weighted by atomic mass is 35.5. The molecule has 0 radical (unpaired) electrons. The summed E-state index contributed by atoms with van der Waals surface area (Å²) >= 11 is 5.83. The van der Waals surface area contributed by atoms with Gasteiger partial charge in [-0.05, 0) is 13.8 Å². The Morgan fingerprint density at radius 3 is 2.77 bits per heavy atom. The Morgan fingerprint density at radius 1 is 1.38 bits per heavy atom. The van der Waals surface area contributed by atoms with Crippen molar-refractivity contribution in [2.24, 2.45) is 7.05 Å². The standard InChI is InChI=1S/C9H10ClN3/c1-5-9-6(2)13(3)12-7(9)4-8(10)11-5/h4H,1-3H3. The highest BCUT2D eigenvalue weighted by Crippen LogP contribution is 2.22. The van der Waals surface area contributed by atoms with Gasteiger partial charge in [0.2, 0.25) is 0 Å². The molecule has 0 saturated heterocycles. The molecule has 0 aliphatic carbocycles. The number of aryl methyl sites for hydroxylation is 3. The number of nitrogens with zero attached hydrogens (tertiary/aromatic N) is 3. The minimum Gasteiger partial charge on any atom is -0.272 e. The fourth-order valence-electron chi connectivity index (χ4n) is 1.54. The van der Waals surface area contributed by atoms with Crippen molar-refractivity contribution in [2.75, 3.05) is 0 Å². The first-order valence-corrected chi connectivity index (χ1v) is 4.44. The summed E-state index contributed by atoms with van der Waals surface area (Å²) in [5.41, 5.74) is 2.97. The summed E-state index contributed by atoms with van der Waals surface area (Å²) in [7, 11) is 1.92. The zero-order valence-electron chi connectivity index (χ0n) is 7.80. The molecule has 0 atom stereocenters. The highest BCUT2D eigenvalue weighted by molar-refractivity contribution is 6.30. The minimum atomic E-state index is 0.503. The van der Waals surface area contributed by atoms with Crippen molar-refractivity contribution in [1.82, 2.24) is 14.8 Å². The number of rotatable bonds is 0. The van der Waals surface area contributed by atoms with Crippen LogP contribution in [-0.2, 0) is 7.05 Å². The second-order valence-electron chi connectivity index (χ2n) is 3.13. The Balaban J connectivity index is 2.94. The van der Waals surface area contributed by atoms with E-state index in [2.05, 4.69) is 10.1 Å². The fraction of sp³-hybridized carbons (Fsp3) is 0.333. The summed E-state index contributed by atoms with van der Waals surface area (Å²) in [6.07, 6.45) is 0. The molecule has 68 valence electrons. The van der Waals surface area contributed by atoms with E-state index in [4.69, 9.17) is 11.6 Å². The van der Waals surface area contributed by atoms with E-state index in [0.717, 1.165) is 22.3 Å². The number of hydrogen-bond acceptors (Lipinski definition) is 2. The molecule has 13 heavy (non-hydrogen) atoms. The summed E-state index contributed by atoms with van der Waals surface area (Å²) in [6.45, 7) is 3.97. The Labute approximate surface area is 81.3 Å². The number of halogens is 1. The van der Waals surface area contributed by atoms with Crippen LogP contribution in [-0.4, -0.2) is 14.8 Å². The maximum Gasteiger partial charge on any atom is 0.131 e. The van der Waals surface area contributed by atoms with Crippen LogP contribution < -0.4 is 0 Å². The lowest BCUT2D eigenvalue weighted by molar-refractivity contribution is 0.751. The highest BCUT2D eigenvalue weighted by Gasteiger charge is 2.08. The van der Waals surface area contributed by atoms with Gasteiger partial charge in [-0.1, -0.05) is 11.6 Å². The van der Waals surface area contributed by atoms with Gasteiger partial charge in [-0.25, -0.2) is 4.98 Å². The van der Waals surface area contributed by atoms with Gasteiger partial charge >= 0.3 is 0 Å². The number of hydrogen-bond donors (Lipinski definition) is 0. The molecule has 4 heteroatoms. The van der Waals surface area contributed by atoms with Crippen LogP contribution in [0.25, 0.3) is 10.9 Å². The van der Waals surface area contributed by atoms with Crippen LogP contribution >= 0.6 is 11.6 Å². The topological polar surface area (TPSA) is 30.7 Å². The third-order valence-electron chi connectivity index (χ3n) is 2.25. The van der Waals surface area contributed by atoms with Crippen LogP contribution in [0.5, 0.6) is 0 Å². The smallest absolute Gasteiger partial charge is 0.131 e. The quantitative estimate of drug-likeness (QED) is 0.604. The molecular formula is C9H10ClN3. The average Bonchev–Trinajstić information content (AvgIpc) is 2.27. The van der Waals surface area contributed by atoms with Gasteiger partial charge < -0.3 is 0 Å². The summed E-state index contributed by atoms with van der Waals surface area (Å²) in [4.78, 5) is 4.19. The van der Waals surface area contributed by atoms with Gasteiger partial charge in [0.25, 0.3) is 0 Å². The lowest BCUT2D eigenvalue weighted by Crippen LogP contribution is -1.91. The number of fused-ring (bicyclic) bond motifs is 1. The Bertz CT molecular complexity index is 473. The molecule has 0 fully saturated rings. The second kappa shape index (κ2) is 2.70. The van der Waals surface area contributed by atoms with Crippen molar-refractivity contribution in [3.8, 4) is 0 Å². The molecule has 2 heterocycles. The van der Waals surface area contributed by atoms with E-state index in [1.165, 1.54) is 0 Å². The van der Waals surface area contributed by atoms with Gasteiger partial charge in [-0.15, -0.1) is 0 Å². The predicted molar refractivity (Wildman–Crippen MR) is 53.0 cm³/mol. The largest absolute Gasteiger partial charge is 0.272 e. The van der Waals surface area contributed by atoms with Crippen LogP contribution in [0.1, 0.15) is 11.4 Å². The first kappa shape index (κ1) is 8.51. The fourth-order valence-corrected chi connectivity index (χ4v) is 1.77. The first-order chi connectivity index (χ1) is 6.09. The van der Waals surface area contributed by atoms with Crippen molar-refractivity contribution in [2.45, 2.75) is 13.8 Å². The molecule has 2 aromatic heterocycles. The molecule has 3 nitrogen and oxygen atoms in total. The molecular weight excluding hydrogens is 186 g/mol. The molecule has 0 amide bonds. The van der Waals surface area contributed by atoms with Crippen LogP contribution in [0.15, 0.2) is 6.07 Å². The summed E-state index contributed by atoms with van der Waals surface area (Å²) in [5.74, 6) is 0. The van der Waals surface area contributed by atoms with Gasteiger partial charge in [0.05, 0.1) is 11.2 Å². The van der Waals surface area contributed by atoms with Crippen molar-refractivity contribution in [3.05, 3.63) is 22.6 Å². The van der Waals surface area contributed by atoms with E-state index < -0.39 is 0 Å². The summed E-state index contributed by atoms with van der Waals surface area (Å²) in [6, 6.07) is 1.79. The molecule has 0 bridgehead atoms. The predicted octanol–water partition coefficient (Wildman–Crippen LogP) is 2.24. The van der Waals surface area contributed by atoms with Gasteiger partial charge in [-0.2, -0.15) is 5.10 Å². The van der Waals surface area contributed by atoms with Crippen LogP contribution in [0.3, 0.4) is 0 Å². The monoisotopic (exact) mass is 195 g/mol. The van der Waals surface area contributed by atoms with E-state index in [1.807, 2.05) is 25.6 Å². The van der Waals surface area contributed by atoms with Gasteiger partial charge in [-0.3, -0.25) is 4.68 Å². The zero-order valence-corrected chi connectivity index (χ0v) is 8.55. The van der Waals surface area contributed by atoms with Crippen molar-refractivity contribution in [1.29, 1.82) is 0 Å². The summed E-state index contributed by atoms with van der Waals surface area (Å²) in [5, 5.41) is 5.93. The third kappa shape index (κ3) is 1.20. The van der Waals surface area contributed by atoms with Crippen molar-refractivity contribution in [3.63, 3.8) is 0 Å². The molecule has 0 aliphatic heterocycles. The Kier molecular flexibility index (Phi) is 1.77. The molecule has 0 aliphatic rings. The SMILES string of the molecule is Cc1nc(Cl)cc2nn(C)c(C)c12. The van der Waals surface area contributed by atoms with Gasteiger partial charge in [0.1, 0.15) is 5.15 Å². The average molecular weight is 196 g/mol. The van der Waals surface area contributed by atoms with Gasteiger partial charge in [0, 0.05) is 24.2 Å². The van der Waals surface area contributed by atoms with Crippen LogP contribution in [0.2, 0.25) is 5.15 Å². The van der Waals surface area contributed by atoms with Crippen LogP contribution in [0, 0.1) is 13.8 Å². The normalized spacial score (nSPS) is 11.1. The van der Waals surface area contributed by atoms with E-state index in [1.54, 1.807) is 6.07 Å².